The molecule has 7 nitrogen and oxygen atoms in total. The fraction of sp³-hybridized carbons (Fsp3) is 0.333. The SMILES string of the molecule is O=C(NC(Cc1ccccn1)C1CC(O)C1)c1cccn2cnnc12. The first kappa shape index (κ1) is 15.7. The van der Waals surface area contributed by atoms with Crippen molar-refractivity contribution in [2.24, 2.45) is 5.92 Å². The van der Waals surface area contributed by atoms with Gasteiger partial charge in [-0.3, -0.25) is 14.2 Å². The summed E-state index contributed by atoms with van der Waals surface area (Å²) in [6.07, 6.45) is 6.90. The summed E-state index contributed by atoms with van der Waals surface area (Å²) in [4.78, 5) is 17.2. The molecule has 0 radical (unpaired) electrons. The molecule has 1 aliphatic carbocycles. The lowest BCUT2D eigenvalue weighted by atomic mass is 9.76. The number of carbonyl (C=O) groups excluding carboxylic acids is 1. The Morgan fingerprint density at radius 1 is 1.32 bits per heavy atom. The first-order valence-corrected chi connectivity index (χ1v) is 8.38. The molecule has 4 rings (SSSR count). The third kappa shape index (κ3) is 3.23. The van der Waals surface area contributed by atoms with E-state index in [0.29, 0.717) is 30.5 Å². The highest BCUT2D eigenvalue weighted by Gasteiger charge is 2.35. The Kier molecular flexibility index (Phi) is 4.15. The quantitative estimate of drug-likeness (QED) is 0.731. The summed E-state index contributed by atoms with van der Waals surface area (Å²) in [7, 11) is 0. The lowest BCUT2D eigenvalue weighted by Gasteiger charge is -2.38. The number of hydrogen-bond acceptors (Lipinski definition) is 5. The third-order valence-corrected chi connectivity index (χ3v) is 4.76. The zero-order valence-corrected chi connectivity index (χ0v) is 13.6. The van der Waals surface area contributed by atoms with E-state index >= 15 is 0 Å². The van der Waals surface area contributed by atoms with Crippen molar-refractivity contribution in [3.63, 3.8) is 0 Å². The second-order valence-corrected chi connectivity index (χ2v) is 6.47. The Morgan fingerprint density at radius 2 is 2.20 bits per heavy atom. The van der Waals surface area contributed by atoms with E-state index in [0.717, 1.165) is 5.69 Å². The average molecular weight is 337 g/mol. The Labute approximate surface area is 144 Å². The Morgan fingerprint density at radius 3 is 2.96 bits per heavy atom. The van der Waals surface area contributed by atoms with Crippen LogP contribution in [0.5, 0.6) is 0 Å². The van der Waals surface area contributed by atoms with Gasteiger partial charge in [-0.2, -0.15) is 0 Å². The van der Waals surface area contributed by atoms with Gasteiger partial charge in [0.25, 0.3) is 5.91 Å². The highest BCUT2D eigenvalue weighted by atomic mass is 16.3. The maximum atomic E-state index is 12.8. The van der Waals surface area contributed by atoms with E-state index in [-0.39, 0.29) is 24.0 Å². The molecule has 7 heteroatoms. The first-order chi connectivity index (χ1) is 12.2. The van der Waals surface area contributed by atoms with Crippen molar-refractivity contribution in [1.82, 2.24) is 24.9 Å². The van der Waals surface area contributed by atoms with E-state index in [1.165, 1.54) is 0 Å². The Bertz CT molecular complexity index is 873. The largest absolute Gasteiger partial charge is 0.393 e. The predicted octanol–water partition coefficient (Wildman–Crippen LogP) is 1.24. The Hall–Kier alpha value is -2.80. The lowest BCUT2D eigenvalue weighted by molar-refractivity contribution is 0.0238. The molecule has 0 saturated heterocycles. The van der Waals surface area contributed by atoms with Gasteiger partial charge >= 0.3 is 0 Å². The molecule has 128 valence electrons. The number of nitrogens with one attached hydrogen (secondary N) is 1. The van der Waals surface area contributed by atoms with Gasteiger partial charge in [-0.15, -0.1) is 10.2 Å². The van der Waals surface area contributed by atoms with Crippen molar-refractivity contribution >= 4 is 11.6 Å². The van der Waals surface area contributed by atoms with Crippen molar-refractivity contribution < 1.29 is 9.90 Å². The highest BCUT2D eigenvalue weighted by Crippen LogP contribution is 2.31. The van der Waals surface area contributed by atoms with Gasteiger partial charge in [0, 0.05) is 30.6 Å². The fourth-order valence-corrected chi connectivity index (χ4v) is 3.31. The Balaban J connectivity index is 1.55. The molecule has 1 amide bonds. The standard InChI is InChI=1S/C18H19N5O2/c24-14-8-12(9-14)16(10-13-4-1-2-6-19-13)21-18(25)15-5-3-7-23-11-20-22-17(15)23/h1-7,11-12,14,16,24H,8-10H2,(H,21,25). The molecule has 0 aromatic carbocycles. The molecule has 1 unspecified atom stereocenters. The summed E-state index contributed by atoms with van der Waals surface area (Å²) in [5, 5.41) is 20.6. The van der Waals surface area contributed by atoms with Crippen LogP contribution in [0.2, 0.25) is 0 Å². The van der Waals surface area contributed by atoms with Crippen LogP contribution in [-0.2, 0) is 6.42 Å². The number of aliphatic hydroxyl groups excluding tert-OH is 1. The van der Waals surface area contributed by atoms with Crippen LogP contribution in [0.3, 0.4) is 0 Å². The fourth-order valence-electron chi connectivity index (χ4n) is 3.31. The van der Waals surface area contributed by atoms with Crippen LogP contribution in [0, 0.1) is 5.92 Å². The van der Waals surface area contributed by atoms with Crippen molar-refractivity contribution in [3.05, 3.63) is 60.3 Å². The van der Waals surface area contributed by atoms with Crippen molar-refractivity contribution in [3.8, 4) is 0 Å². The minimum absolute atomic E-state index is 0.0750. The first-order valence-electron chi connectivity index (χ1n) is 8.38. The van der Waals surface area contributed by atoms with Crippen molar-refractivity contribution in [2.75, 3.05) is 0 Å². The van der Waals surface area contributed by atoms with E-state index in [1.807, 2.05) is 18.2 Å². The van der Waals surface area contributed by atoms with Gasteiger partial charge < -0.3 is 10.4 Å². The summed E-state index contributed by atoms with van der Waals surface area (Å²) in [5.41, 5.74) is 1.95. The highest BCUT2D eigenvalue weighted by molar-refractivity contribution is 5.99. The predicted molar refractivity (Wildman–Crippen MR) is 90.9 cm³/mol. The zero-order chi connectivity index (χ0) is 17.2. The summed E-state index contributed by atoms with van der Waals surface area (Å²) < 4.78 is 1.72. The topological polar surface area (TPSA) is 92.4 Å². The van der Waals surface area contributed by atoms with E-state index in [9.17, 15) is 9.90 Å². The molecule has 1 atom stereocenters. The van der Waals surface area contributed by atoms with Gasteiger partial charge in [-0.1, -0.05) is 6.07 Å². The summed E-state index contributed by atoms with van der Waals surface area (Å²) in [6, 6.07) is 9.23. The van der Waals surface area contributed by atoms with Crippen LogP contribution in [0.15, 0.2) is 49.1 Å². The van der Waals surface area contributed by atoms with Crippen LogP contribution in [0.1, 0.15) is 28.9 Å². The molecule has 1 fully saturated rings. The molecule has 0 bridgehead atoms. The van der Waals surface area contributed by atoms with Crippen LogP contribution < -0.4 is 5.32 Å². The number of aliphatic hydroxyl groups is 1. The zero-order valence-electron chi connectivity index (χ0n) is 13.6. The molecular formula is C18H19N5O2. The molecular weight excluding hydrogens is 318 g/mol. The van der Waals surface area contributed by atoms with Crippen LogP contribution in [0.4, 0.5) is 0 Å². The van der Waals surface area contributed by atoms with Gasteiger partial charge in [-0.25, -0.2) is 0 Å². The summed E-state index contributed by atoms with van der Waals surface area (Å²) in [5.74, 6) is 0.0690. The van der Waals surface area contributed by atoms with Crippen molar-refractivity contribution in [1.29, 1.82) is 0 Å². The normalized spacial score (nSPS) is 20.8. The maximum Gasteiger partial charge on any atom is 0.255 e. The number of rotatable bonds is 5. The lowest BCUT2D eigenvalue weighted by Crippen LogP contribution is -2.48. The van der Waals surface area contributed by atoms with Gasteiger partial charge in [0.1, 0.15) is 6.33 Å². The number of carbonyl (C=O) groups is 1. The minimum Gasteiger partial charge on any atom is -0.393 e. The molecule has 3 aromatic rings. The van der Waals surface area contributed by atoms with Crippen LogP contribution in [0.25, 0.3) is 5.65 Å². The smallest absolute Gasteiger partial charge is 0.255 e. The van der Waals surface area contributed by atoms with Gasteiger partial charge in [0.2, 0.25) is 0 Å². The van der Waals surface area contributed by atoms with E-state index in [4.69, 9.17) is 0 Å². The molecule has 0 spiro atoms. The summed E-state index contributed by atoms with van der Waals surface area (Å²) in [6.45, 7) is 0. The molecule has 1 saturated carbocycles. The second kappa shape index (κ2) is 6.60. The van der Waals surface area contributed by atoms with Gasteiger partial charge in [0.05, 0.1) is 11.7 Å². The van der Waals surface area contributed by atoms with E-state index < -0.39 is 0 Å². The number of hydrogen-bond donors (Lipinski definition) is 2. The van der Waals surface area contributed by atoms with Crippen LogP contribution in [-0.4, -0.2) is 42.7 Å². The van der Waals surface area contributed by atoms with E-state index in [2.05, 4.69) is 20.5 Å². The molecule has 25 heavy (non-hydrogen) atoms. The molecule has 2 N–H and O–H groups in total. The molecule has 3 aromatic heterocycles. The van der Waals surface area contributed by atoms with Crippen molar-refractivity contribution in [2.45, 2.75) is 31.4 Å². The molecule has 0 aliphatic heterocycles. The summed E-state index contributed by atoms with van der Waals surface area (Å²) >= 11 is 0. The van der Waals surface area contributed by atoms with Gasteiger partial charge in [-0.05, 0) is 43.0 Å². The van der Waals surface area contributed by atoms with Gasteiger partial charge in [0.15, 0.2) is 5.65 Å². The number of aromatic nitrogens is 4. The third-order valence-electron chi connectivity index (χ3n) is 4.76. The number of fused-ring (bicyclic) bond motifs is 1. The molecule has 3 heterocycles. The maximum absolute atomic E-state index is 12.8. The second-order valence-electron chi connectivity index (χ2n) is 6.47. The van der Waals surface area contributed by atoms with Crippen LogP contribution >= 0.6 is 0 Å². The molecule has 1 aliphatic rings. The number of amides is 1. The number of nitrogens with zero attached hydrogens (tertiary/aromatic N) is 4. The van der Waals surface area contributed by atoms with E-state index in [1.54, 1.807) is 35.3 Å². The minimum atomic E-state index is -0.270. The monoisotopic (exact) mass is 337 g/mol. The number of pyridine rings is 2. The average Bonchev–Trinajstić information content (AvgIpc) is 3.08.